The Morgan fingerprint density at radius 1 is 1.33 bits per heavy atom. The molecular weight excluding hydrogens is 222 g/mol. The minimum atomic E-state index is 0.111. The minimum absolute atomic E-state index is 0.111. The molecule has 0 amide bonds. The van der Waals surface area contributed by atoms with Gasteiger partial charge in [-0.25, -0.2) is 4.98 Å². The van der Waals surface area contributed by atoms with Gasteiger partial charge in [0, 0.05) is 17.3 Å². The second kappa shape index (κ2) is 4.54. The van der Waals surface area contributed by atoms with Crippen LogP contribution in [0.15, 0.2) is 12.3 Å². The molecule has 1 atom stereocenters. The Kier molecular flexibility index (Phi) is 3.02. The van der Waals surface area contributed by atoms with E-state index < -0.39 is 0 Å². The van der Waals surface area contributed by atoms with Crippen LogP contribution in [0, 0.1) is 12.8 Å². The lowest BCUT2D eigenvalue weighted by Gasteiger charge is -2.35. The number of nitrogens with zero attached hydrogens (tertiary/aromatic N) is 1. The molecule has 1 aliphatic heterocycles. The lowest BCUT2D eigenvalue weighted by atomic mass is 9.81. The van der Waals surface area contributed by atoms with E-state index in [1.165, 1.54) is 49.7 Å². The molecule has 18 heavy (non-hydrogen) atoms. The summed E-state index contributed by atoms with van der Waals surface area (Å²) in [5.41, 5.74) is 8.75. The van der Waals surface area contributed by atoms with Crippen LogP contribution < -0.4 is 11.1 Å². The second-order valence-electron chi connectivity index (χ2n) is 5.93. The molecule has 1 aliphatic carbocycles. The fourth-order valence-electron chi connectivity index (χ4n) is 3.42. The summed E-state index contributed by atoms with van der Waals surface area (Å²) in [4.78, 5) is 4.38. The Balaban J connectivity index is 2.04. The maximum absolute atomic E-state index is 6.17. The van der Waals surface area contributed by atoms with Gasteiger partial charge in [0.15, 0.2) is 0 Å². The van der Waals surface area contributed by atoms with E-state index >= 15 is 0 Å². The van der Waals surface area contributed by atoms with E-state index in [1.54, 1.807) is 0 Å². The summed E-state index contributed by atoms with van der Waals surface area (Å²) >= 11 is 0. The zero-order chi connectivity index (χ0) is 12.6. The predicted molar refractivity (Wildman–Crippen MR) is 74.3 cm³/mol. The quantitative estimate of drug-likeness (QED) is 0.842. The summed E-state index contributed by atoms with van der Waals surface area (Å²) in [6, 6.07) is 2.25. The third kappa shape index (κ3) is 2.01. The summed E-state index contributed by atoms with van der Waals surface area (Å²) in [5, 5.41) is 3.82. The first kappa shape index (κ1) is 12.0. The van der Waals surface area contributed by atoms with Crippen LogP contribution >= 0.6 is 0 Å². The van der Waals surface area contributed by atoms with Gasteiger partial charge in [-0.2, -0.15) is 0 Å². The minimum Gasteiger partial charge on any atom is -0.383 e. The number of hydrogen-bond acceptors (Lipinski definition) is 3. The molecule has 2 heterocycles. The molecule has 1 saturated carbocycles. The van der Waals surface area contributed by atoms with E-state index in [4.69, 9.17) is 5.73 Å². The van der Waals surface area contributed by atoms with Gasteiger partial charge in [0.1, 0.15) is 5.82 Å². The molecule has 0 spiro atoms. The largest absolute Gasteiger partial charge is 0.383 e. The molecule has 1 unspecified atom stereocenters. The topological polar surface area (TPSA) is 50.9 Å². The van der Waals surface area contributed by atoms with Gasteiger partial charge in [-0.15, -0.1) is 0 Å². The van der Waals surface area contributed by atoms with Gasteiger partial charge in [0.05, 0.1) is 0 Å². The van der Waals surface area contributed by atoms with E-state index in [2.05, 4.69) is 23.3 Å². The molecule has 3 N–H and O–H groups in total. The van der Waals surface area contributed by atoms with Crippen molar-refractivity contribution in [3.63, 3.8) is 0 Å². The first-order valence-corrected chi connectivity index (χ1v) is 7.20. The normalized spacial score (nSPS) is 28.9. The number of rotatable bonds is 2. The number of anilines is 1. The highest BCUT2D eigenvalue weighted by atomic mass is 15.0. The number of aryl methyl sites for hydroxylation is 1. The Labute approximate surface area is 109 Å². The van der Waals surface area contributed by atoms with Crippen LogP contribution in [0.2, 0.25) is 0 Å². The average Bonchev–Trinajstić information content (AvgIpc) is 3.17. The van der Waals surface area contributed by atoms with Crippen molar-refractivity contribution in [3.8, 4) is 0 Å². The Hall–Kier alpha value is -1.09. The molecule has 0 bridgehead atoms. The maximum atomic E-state index is 6.17. The molecule has 1 saturated heterocycles. The van der Waals surface area contributed by atoms with Gasteiger partial charge in [-0.3, -0.25) is 0 Å². The number of pyridine rings is 1. The zero-order valence-corrected chi connectivity index (χ0v) is 11.2. The molecule has 1 aromatic rings. The maximum Gasteiger partial charge on any atom is 0.128 e. The fraction of sp³-hybridized carbons (Fsp3) is 0.667. The summed E-state index contributed by atoms with van der Waals surface area (Å²) in [6.45, 7) is 3.22. The molecule has 0 radical (unpaired) electrons. The van der Waals surface area contributed by atoms with Crippen molar-refractivity contribution in [2.45, 2.75) is 51.0 Å². The Morgan fingerprint density at radius 3 is 2.94 bits per heavy atom. The molecular formula is C15H23N3. The third-order valence-corrected chi connectivity index (χ3v) is 4.50. The van der Waals surface area contributed by atoms with Gasteiger partial charge >= 0.3 is 0 Å². The van der Waals surface area contributed by atoms with Gasteiger partial charge in [-0.1, -0.05) is 12.8 Å². The lowest BCUT2D eigenvalue weighted by Crippen LogP contribution is -2.44. The SMILES string of the molecule is Cc1cnc(N)c(C2(C3CC3)CCCCCN2)c1. The van der Waals surface area contributed by atoms with E-state index in [0.717, 1.165) is 18.3 Å². The molecule has 0 aromatic carbocycles. The zero-order valence-electron chi connectivity index (χ0n) is 11.2. The number of aromatic nitrogens is 1. The lowest BCUT2D eigenvalue weighted by molar-refractivity contribution is 0.279. The first-order valence-electron chi connectivity index (χ1n) is 7.20. The van der Waals surface area contributed by atoms with E-state index in [9.17, 15) is 0 Å². The summed E-state index contributed by atoms with van der Waals surface area (Å²) in [7, 11) is 0. The van der Waals surface area contributed by atoms with Crippen LogP contribution in [0.25, 0.3) is 0 Å². The molecule has 3 nitrogen and oxygen atoms in total. The Bertz CT molecular complexity index is 429. The average molecular weight is 245 g/mol. The van der Waals surface area contributed by atoms with Crippen molar-refractivity contribution in [2.24, 2.45) is 5.92 Å². The van der Waals surface area contributed by atoms with Crippen LogP contribution in [-0.4, -0.2) is 11.5 Å². The third-order valence-electron chi connectivity index (χ3n) is 4.50. The smallest absolute Gasteiger partial charge is 0.128 e. The Morgan fingerprint density at radius 2 is 2.17 bits per heavy atom. The highest BCUT2D eigenvalue weighted by molar-refractivity contribution is 5.47. The summed E-state index contributed by atoms with van der Waals surface area (Å²) in [5.74, 6) is 1.49. The molecule has 2 aliphatic rings. The molecule has 2 fully saturated rings. The van der Waals surface area contributed by atoms with Crippen molar-refractivity contribution in [3.05, 3.63) is 23.4 Å². The van der Waals surface area contributed by atoms with E-state index in [1.807, 2.05) is 6.20 Å². The predicted octanol–water partition coefficient (Wildman–Crippen LogP) is 2.74. The first-order chi connectivity index (χ1) is 8.72. The number of nitrogen functional groups attached to an aromatic ring is 1. The van der Waals surface area contributed by atoms with Gasteiger partial charge in [0.25, 0.3) is 0 Å². The molecule has 3 heteroatoms. The summed E-state index contributed by atoms with van der Waals surface area (Å²) < 4.78 is 0. The van der Waals surface area contributed by atoms with Crippen molar-refractivity contribution in [1.29, 1.82) is 0 Å². The van der Waals surface area contributed by atoms with Crippen molar-refractivity contribution < 1.29 is 0 Å². The van der Waals surface area contributed by atoms with Gasteiger partial charge in [-0.05, 0) is 56.7 Å². The standard InChI is InChI=1S/C15H23N3/c1-11-9-13(14(16)17-10-11)15(12-5-6-12)7-3-2-4-8-18-15/h9-10,12,18H,2-8H2,1H3,(H2,16,17). The van der Waals surface area contributed by atoms with Crippen molar-refractivity contribution >= 4 is 5.82 Å². The highest BCUT2D eigenvalue weighted by Gasteiger charge is 2.47. The van der Waals surface area contributed by atoms with Crippen LogP contribution in [0.5, 0.6) is 0 Å². The van der Waals surface area contributed by atoms with Crippen molar-refractivity contribution in [2.75, 3.05) is 12.3 Å². The highest BCUT2D eigenvalue weighted by Crippen LogP contribution is 2.50. The second-order valence-corrected chi connectivity index (χ2v) is 5.93. The molecule has 98 valence electrons. The fourth-order valence-corrected chi connectivity index (χ4v) is 3.42. The number of hydrogen-bond donors (Lipinski definition) is 2. The van der Waals surface area contributed by atoms with Crippen LogP contribution in [0.1, 0.15) is 49.7 Å². The molecule has 3 rings (SSSR count). The van der Waals surface area contributed by atoms with E-state index in [-0.39, 0.29) is 5.54 Å². The number of nitrogens with two attached hydrogens (primary N) is 1. The van der Waals surface area contributed by atoms with Gasteiger partial charge in [0.2, 0.25) is 0 Å². The monoisotopic (exact) mass is 245 g/mol. The number of nitrogens with one attached hydrogen (secondary N) is 1. The van der Waals surface area contributed by atoms with Gasteiger partial charge < -0.3 is 11.1 Å². The van der Waals surface area contributed by atoms with Crippen LogP contribution in [0.4, 0.5) is 5.82 Å². The van der Waals surface area contributed by atoms with Crippen molar-refractivity contribution in [1.82, 2.24) is 10.3 Å². The van der Waals surface area contributed by atoms with E-state index in [0.29, 0.717) is 0 Å². The van der Waals surface area contributed by atoms with Crippen LogP contribution in [0.3, 0.4) is 0 Å². The van der Waals surface area contributed by atoms with Crippen LogP contribution in [-0.2, 0) is 5.54 Å². The summed E-state index contributed by atoms with van der Waals surface area (Å²) in [6.07, 6.45) is 9.68. The molecule has 1 aromatic heterocycles.